The van der Waals surface area contributed by atoms with E-state index < -0.39 is 6.61 Å². The Labute approximate surface area is 177 Å². The summed E-state index contributed by atoms with van der Waals surface area (Å²) in [4.78, 5) is 12.8. The Morgan fingerprint density at radius 3 is 2.67 bits per heavy atom. The van der Waals surface area contributed by atoms with Crippen LogP contribution in [0.25, 0.3) is 0 Å². The summed E-state index contributed by atoms with van der Waals surface area (Å²) >= 11 is 1.27. The number of Topliss-reactive ketones (excluding diaryl/α,β-unsaturated/α-hetero) is 1. The van der Waals surface area contributed by atoms with E-state index in [1.807, 2.05) is 30.3 Å². The minimum Gasteiger partial charge on any atom is -0.434 e. The first kappa shape index (κ1) is 20.5. The molecule has 4 rings (SSSR count). The van der Waals surface area contributed by atoms with E-state index in [1.54, 1.807) is 19.1 Å². The van der Waals surface area contributed by atoms with Crippen LogP contribution in [0.4, 0.5) is 8.78 Å². The number of carbonyl (C=O) groups is 1. The van der Waals surface area contributed by atoms with Gasteiger partial charge in [-0.3, -0.25) is 4.79 Å². The van der Waals surface area contributed by atoms with Crippen LogP contribution in [0.3, 0.4) is 0 Å². The molecule has 1 aliphatic rings. The van der Waals surface area contributed by atoms with Crippen molar-refractivity contribution in [3.63, 3.8) is 0 Å². The van der Waals surface area contributed by atoms with Gasteiger partial charge in [-0.1, -0.05) is 53.7 Å². The number of nitrogens with zero attached hydrogens (tertiary/aromatic N) is 3. The maximum Gasteiger partial charge on any atom is 0.387 e. The zero-order chi connectivity index (χ0) is 21.1. The third-order valence-electron chi connectivity index (χ3n) is 4.86. The predicted octanol–water partition coefficient (Wildman–Crippen LogP) is 5.09. The molecule has 0 atom stereocenters. The number of benzene rings is 2. The molecule has 0 unspecified atom stereocenters. The molecule has 0 spiro atoms. The lowest BCUT2D eigenvalue weighted by Crippen LogP contribution is -2.11. The number of hydrogen-bond acceptors (Lipinski definition) is 5. The second kappa shape index (κ2) is 8.95. The molecule has 1 fully saturated rings. The maximum atomic E-state index is 12.8. The average molecular weight is 429 g/mol. The molecule has 30 heavy (non-hydrogen) atoms. The van der Waals surface area contributed by atoms with Crippen molar-refractivity contribution in [3.8, 4) is 5.75 Å². The average Bonchev–Trinajstić information content (AvgIpc) is 3.50. The van der Waals surface area contributed by atoms with Crippen LogP contribution in [0.2, 0.25) is 0 Å². The smallest absolute Gasteiger partial charge is 0.387 e. The van der Waals surface area contributed by atoms with Crippen LogP contribution >= 0.6 is 11.8 Å². The highest BCUT2D eigenvalue weighted by Crippen LogP contribution is 2.40. The van der Waals surface area contributed by atoms with Crippen LogP contribution in [-0.2, 0) is 6.54 Å². The number of hydrogen-bond donors (Lipinski definition) is 0. The molecular formula is C22H21F2N3O2S. The van der Waals surface area contributed by atoms with Crippen molar-refractivity contribution in [1.82, 2.24) is 14.8 Å². The monoisotopic (exact) mass is 429 g/mol. The van der Waals surface area contributed by atoms with E-state index in [9.17, 15) is 13.6 Å². The Bertz CT molecular complexity index is 1040. The van der Waals surface area contributed by atoms with Gasteiger partial charge in [-0.2, -0.15) is 8.78 Å². The van der Waals surface area contributed by atoms with Crippen molar-refractivity contribution in [3.05, 3.63) is 71.0 Å². The van der Waals surface area contributed by atoms with Gasteiger partial charge < -0.3 is 9.30 Å². The molecule has 0 N–H and O–H groups in total. The van der Waals surface area contributed by atoms with Gasteiger partial charge in [0, 0.05) is 5.92 Å². The van der Waals surface area contributed by atoms with E-state index >= 15 is 0 Å². The maximum absolute atomic E-state index is 12.8. The highest BCUT2D eigenvalue weighted by Gasteiger charge is 2.30. The number of alkyl halides is 2. The summed E-state index contributed by atoms with van der Waals surface area (Å²) in [7, 11) is 0. The van der Waals surface area contributed by atoms with Crippen molar-refractivity contribution in [2.45, 2.75) is 44.0 Å². The van der Waals surface area contributed by atoms with Crippen LogP contribution < -0.4 is 4.74 Å². The number of aromatic nitrogens is 3. The van der Waals surface area contributed by atoms with E-state index in [0.717, 1.165) is 29.8 Å². The fourth-order valence-corrected chi connectivity index (χ4v) is 4.06. The van der Waals surface area contributed by atoms with Crippen molar-refractivity contribution in [2.24, 2.45) is 0 Å². The lowest BCUT2D eigenvalue weighted by atomic mass is 10.1. The molecule has 8 heteroatoms. The first-order chi connectivity index (χ1) is 14.5. The summed E-state index contributed by atoms with van der Waals surface area (Å²) in [6.07, 6.45) is 2.18. The molecule has 156 valence electrons. The summed E-state index contributed by atoms with van der Waals surface area (Å²) in [5, 5.41) is 9.30. The van der Waals surface area contributed by atoms with E-state index in [4.69, 9.17) is 0 Å². The van der Waals surface area contributed by atoms with Gasteiger partial charge in [-0.05, 0) is 37.5 Å². The van der Waals surface area contributed by atoms with Crippen molar-refractivity contribution in [1.29, 1.82) is 0 Å². The molecule has 0 bridgehead atoms. The van der Waals surface area contributed by atoms with Crippen molar-refractivity contribution < 1.29 is 18.3 Å². The van der Waals surface area contributed by atoms with Crippen molar-refractivity contribution in [2.75, 3.05) is 5.75 Å². The molecule has 2 aromatic carbocycles. The number of thioether (sulfide) groups is 1. The number of carbonyl (C=O) groups excluding carboxylic acids is 1. The number of ether oxygens (including phenoxy) is 1. The third-order valence-corrected chi connectivity index (χ3v) is 5.82. The third kappa shape index (κ3) is 4.87. The highest BCUT2D eigenvalue weighted by atomic mass is 32.2. The van der Waals surface area contributed by atoms with Crippen LogP contribution in [0, 0.1) is 6.92 Å². The van der Waals surface area contributed by atoms with Gasteiger partial charge in [-0.25, -0.2) is 0 Å². The lowest BCUT2D eigenvalue weighted by Gasteiger charge is -2.12. The van der Waals surface area contributed by atoms with Gasteiger partial charge in [-0.15, -0.1) is 10.2 Å². The molecule has 0 aliphatic heterocycles. The van der Waals surface area contributed by atoms with Gasteiger partial charge in [0.05, 0.1) is 17.9 Å². The van der Waals surface area contributed by atoms with Crippen LogP contribution in [0.5, 0.6) is 5.75 Å². The molecule has 0 amide bonds. The fourth-order valence-electron chi connectivity index (χ4n) is 3.23. The minimum atomic E-state index is -2.98. The van der Waals surface area contributed by atoms with E-state index in [0.29, 0.717) is 17.6 Å². The number of ketones is 1. The number of aryl methyl sites for hydroxylation is 1. The fraction of sp³-hybridized carbons (Fsp3) is 0.318. The van der Waals surface area contributed by atoms with Crippen LogP contribution in [-0.4, -0.2) is 32.9 Å². The molecule has 3 aromatic rings. The van der Waals surface area contributed by atoms with E-state index in [2.05, 4.69) is 19.5 Å². The zero-order valence-electron chi connectivity index (χ0n) is 16.4. The van der Waals surface area contributed by atoms with Crippen LogP contribution in [0.15, 0.2) is 53.7 Å². The molecule has 1 heterocycles. The highest BCUT2D eigenvalue weighted by molar-refractivity contribution is 7.99. The molecule has 0 radical (unpaired) electrons. The second-order valence-electron chi connectivity index (χ2n) is 7.28. The minimum absolute atomic E-state index is 0.0562. The molecule has 1 aromatic heterocycles. The first-order valence-electron chi connectivity index (χ1n) is 9.69. The van der Waals surface area contributed by atoms with Crippen LogP contribution in [0.1, 0.15) is 46.1 Å². The summed E-state index contributed by atoms with van der Waals surface area (Å²) in [6, 6.07) is 14.6. The van der Waals surface area contributed by atoms with E-state index in [-0.39, 0.29) is 22.8 Å². The largest absolute Gasteiger partial charge is 0.434 e. The number of halogens is 2. The Morgan fingerprint density at radius 2 is 1.97 bits per heavy atom. The quantitative estimate of drug-likeness (QED) is 0.350. The van der Waals surface area contributed by atoms with Crippen molar-refractivity contribution >= 4 is 17.5 Å². The molecular weight excluding hydrogens is 408 g/mol. The summed E-state index contributed by atoms with van der Waals surface area (Å²) in [5.41, 5.74) is 2.08. The first-order valence-corrected chi connectivity index (χ1v) is 10.7. The van der Waals surface area contributed by atoms with Gasteiger partial charge in [0.25, 0.3) is 0 Å². The summed E-state index contributed by atoms with van der Waals surface area (Å²) < 4.78 is 32.0. The van der Waals surface area contributed by atoms with E-state index in [1.165, 1.54) is 17.8 Å². The Kier molecular flexibility index (Phi) is 6.13. The van der Waals surface area contributed by atoms with Gasteiger partial charge in [0.15, 0.2) is 10.9 Å². The predicted molar refractivity (Wildman–Crippen MR) is 110 cm³/mol. The van der Waals surface area contributed by atoms with Gasteiger partial charge in [0.1, 0.15) is 11.6 Å². The Morgan fingerprint density at radius 1 is 1.20 bits per heavy atom. The number of rotatable bonds is 9. The Balaban J connectivity index is 1.53. The summed E-state index contributed by atoms with van der Waals surface area (Å²) in [5.74, 6) is 1.01. The zero-order valence-corrected chi connectivity index (χ0v) is 17.2. The van der Waals surface area contributed by atoms with Gasteiger partial charge >= 0.3 is 6.61 Å². The lowest BCUT2D eigenvalue weighted by molar-refractivity contribution is -0.0501. The normalized spacial score (nSPS) is 13.6. The molecule has 0 saturated heterocycles. The van der Waals surface area contributed by atoms with Gasteiger partial charge in [0.2, 0.25) is 0 Å². The Hall–Kier alpha value is -2.74. The summed E-state index contributed by atoms with van der Waals surface area (Å²) in [6.45, 7) is -0.559. The standard InChI is InChI=1S/C22H21F2N3O2S/c1-14-7-10-19(29-21(23)24)17(11-14)18(28)13-30-22-26-25-20(16-8-9-16)27(22)12-15-5-3-2-4-6-15/h2-7,10-11,16,21H,8-9,12-13H2,1H3. The molecule has 5 nitrogen and oxygen atoms in total. The topological polar surface area (TPSA) is 57.0 Å². The molecule has 1 saturated carbocycles. The SMILES string of the molecule is Cc1ccc(OC(F)F)c(C(=O)CSc2nnc(C3CC3)n2Cc2ccccc2)c1. The molecule has 1 aliphatic carbocycles. The second-order valence-corrected chi connectivity index (χ2v) is 8.22.